The Kier molecular flexibility index (Phi) is 7.87. The van der Waals surface area contributed by atoms with Gasteiger partial charge >= 0.3 is 0 Å². The van der Waals surface area contributed by atoms with Crippen molar-refractivity contribution in [2.75, 3.05) is 0 Å². The van der Waals surface area contributed by atoms with Crippen LogP contribution in [0.5, 0.6) is 0 Å². The van der Waals surface area contributed by atoms with Crippen LogP contribution in [-0.4, -0.2) is 15.0 Å². The standard InChI is InChI=1S/C51H31N3S2/c1-2-13-32(14-3-1)33-15-8-18-36(29-33)49-52-50(37-19-9-16-34(30-37)39-23-11-27-45-47(39)41-21-4-6-25-43(41)55-45)54-51(53-49)38-20-10-17-35(31-38)40-24-12-28-46-48(40)42-22-5-7-26-44(42)56-46/h1-31H. The normalized spacial score (nSPS) is 11.6. The topological polar surface area (TPSA) is 38.7 Å². The van der Waals surface area contributed by atoms with Crippen LogP contribution < -0.4 is 0 Å². The summed E-state index contributed by atoms with van der Waals surface area (Å²) < 4.78 is 5.15. The third-order valence-corrected chi connectivity index (χ3v) is 12.8. The molecule has 0 fully saturated rings. The summed E-state index contributed by atoms with van der Waals surface area (Å²) in [5, 5.41) is 5.13. The second kappa shape index (κ2) is 13.5. The van der Waals surface area contributed by atoms with Gasteiger partial charge in [0.2, 0.25) is 0 Å². The number of nitrogens with zero attached hydrogens (tertiary/aromatic N) is 3. The van der Waals surface area contributed by atoms with Crippen LogP contribution in [-0.2, 0) is 0 Å². The molecule has 56 heavy (non-hydrogen) atoms. The van der Waals surface area contributed by atoms with E-state index >= 15 is 0 Å². The van der Waals surface area contributed by atoms with Crippen LogP contribution in [0.4, 0.5) is 0 Å². The van der Waals surface area contributed by atoms with E-state index in [0.717, 1.165) is 38.9 Å². The predicted molar refractivity (Wildman–Crippen MR) is 238 cm³/mol. The summed E-state index contributed by atoms with van der Waals surface area (Å²) in [5.41, 5.74) is 9.74. The molecule has 262 valence electrons. The van der Waals surface area contributed by atoms with Gasteiger partial charge < -0.3 is 0 Å². The van der Waals surface area contributed by atoms with Crippen LogP contribution in [0.15, 0.2) is 188 Å². The number of aromatic nitrogens is 3. The summed E-state index contributed by atoms with van der Waals surface area (Å²) in [7, 11) is 0. The molecule has 3 aromatic heterocycles. The molecule has 3 heterocycles. The third kappa shape index (κ3) is 5.68. The van der Waals surface area contributed by atoms with Crippen LogP contribution >= 0.6 is 22.7 Å². The smallest absolute Gasteiger partial charge is 0.164 e. The van der Waals surface area contributed by atoms with Gasteiger partial charge in [-0.15, -0.1) is 22.7 Å². The van der Waals surface area contributed by atoms with Gasteiger partial charge in [0.15, 0.2) is 17.5 Å². The Morgan fingerprint density at radius 1 is 0.268 bits per heavy atom. The van der Waals surface area contributed by atoms with Gasteiger partial charge in [-0.3, -0.25) is 0 Å². The molecule has 8 aromatic carbocycles. The molecule has 0 bridgehead atoms. The monoisotopic (exact) mass is 749 g/mol. The fourth-order valence-electron chi connectivity index (χ4n) is 7.91. The SMILES string of the molecule is c1ccc(-c2cccc(-c3nc(-c4cccc(-c5cccc6sc7ccccc7c56)c4)nc(-c4cccc(-c5cccc6sc7ccccc7c56)c4)n3)c2)cc1. The summed E-state index contributed by atoms with van der Waals surface area (Å²) in [6.07, 6.45) is 0. The maximum absolute atomic E-state index is 5.24. The van der Waals surface area contributed by atoms with Crippen LogP contribution in [0.25, 0.3) is 108 Å². The zero-order valence-electron chi connectivity index (χ0n) is 30.1. The summed E-state index contributed by atoms with van der Waals surface area (Å²) in [6.45, 7) is 0. The van der Waals surface area contributed by atoms with Crippen molar-refractivity contribution < 1.29 is 0 Å². The predicted octanol–water partition coefficient (Wildman–Crippen LogP) is 14.6. The van der Waals surface area contributed by atoms with Gasteiger partial charge in [0.25, 0.3) is 0 Å². The molecule has 0 unspecified atom stereocenters. The highest BCUT2D eigenvalue weighted by Gasteiger charge is 2.17. The molecule has 5 heteroatoms. The van der Waals surface area contributed by atoms with E-state index < -0.39 is 0 Å². The summed E-state index contributed by atoms with van der Waals surface area (Å²) in [4.78, 5) is 15.6. The third-order valence-electron chi connectivity index (χ3n) is 10.5. The molecule has 0 radical (unpaired) electrons. The number of thiophene rings is 2. The molecule has 0 aliphatic heterocycles. The summed E-state index contributed by atoms with van der Waals surface area (Å²) in [5.74, 6) is 1.90. The maximum Gasteiger partial charge on any atom is 0.164 e. The number of fused-ring (bicyclic) bond motifs is 6. The minimum absolute atomic E-state index is 0.635. The highest BCUT2D eigenvalue weighted by molar-refractivity contribution is 7.26. The van der Waals surface area contributed by atoms with Crippen molar-refractivity contribution in [1.29, 1.82) is 0 Å². The van der Waals surface area contributed by atoms with Gasteiger partial charge in [0.1, 0.15) is 0 Å². The Morgan fingerprint density at radius 3 is 1.12 bits per heavy atom. The van der Waals surface area contributed by atoms with E-state index in [2.05, 4.69) is 182 Å². The quantitative estimate of drug-likeness (QED) is 0.170. The van der Waals surface area contributed by atoms with Gasteiger partial charge in [-0.25, -0.2) is 15.0 Å². The minimum atomic E-state index is 0.635. The van der Waals surface area contributed by atoms with E-state index in [1.54, 1.807) is 0 Å². The van der Waals surface area contributed by atoms with Crippen LogP contribution in [0.1, 0.15) is 0 Å². The van der Waals surface area contributed by atoms with Crippen molar-refractivity contribution in [3.8, 4) is 67.5 Å². The first-order chi connectivity index (χ1) is 27.7. The molecule has 11 aromatic rings. The first-order valence-electron chi connectivity index (χ1n) is 18.7. The van der Waals surface area contributed by atoms with E-state index in [0.29, 0.717) is 17.5 Å². The lowest BCUT2D eigenvalue weighted by Gasteiger charge is -2.12. The molecule has 0 spiro atoms. The lowest BCUT2D eigenvalue weighted by Crippen LogP contribution is -2.00. The van der Waals surface area contributed by atoms with E-state index in [1.165, 1.54) is 51.5 Å². The van der Waals surface area contributed by atoms with Crippen molar-refractivity contribution in [1.82, 2.24) is 15.0 Å². The average Bonchev–Trinajstić information content (AvgIpc) is 3.86. The molecule has 0 N–H and O–H groups in total. The molecule has 0 aliphatic carbocycles. The van der Waals surface area contributed by atoms with E-state index in [9.17, 15) is 0 Å². The maximum atomic E-state index is 5.24. The fraction of sp³-hybridized carbons (Fsp3) is 0. The van der Waals surface area contributed by atoms with Crippen molar-refractivity contribution in [3.05, 3.63) is 188 Å². The largest absolute Gasteiger partial charge is 0.208 e. The molecular formula is C51H31N3S2. The Morgan fingerprint density at radius 2 is 0.625 bits per heavy atom. The molecule has 11 rings (SSSR count). The minimum Gasteiger partial charge on any atom is -0.208 e. The van der Waals surface area contributed by atoms with Gasteiger partial charge in [-0.1, -0.05) is 146 Å². The zero-order valence-corrected chi connectivity index (χ0v) is 31.7. The number of benzene rings is 8. The molecule has 0 atom stereocenters. The van der Waals surface area contributed by atoms with E-state index in [4.69, 9.17) is 15.0 Å². The fourth-order valence-corrected chi connectivity index (χ4v) is 10.2. The number of hydrogen-bond acceptors (Lipinski definition) is 5. The Bertz CT molecular complexity index is 3090. The van der Waals surface area contributed by atoms with Crippen molar-refractivity contribution in [3.63, 3.8) is 0 Å². The number of hydrogen-bond donors (Lipinski definition) is 0. The van der Waals surface area contributed by atoms with Gasteiger partial charge in [0, 0.05) is 57.0 Å². The highest BCUT2D eigenvalue weighted by Crippen LogP contribution is 2.42. The Balaban J connectivity index is 1.08. The lowest BCUT2D eigenvalue weighted by atomic mass is 9.97. The van der Waals surface area contributed by atoms with Gasteiger partial charge in [-0.05, 0) is 75.8 Å². The van der Waals surface area contributed by atoms with E-state index in [-0.39, 0.29) is 0 Å². The molecule has 0 aliphatic rings. The molecule has 3 nitrogen and oxygen atoms in total. The molecule has 0 saturated heterocycles. The van der Waals surface area contributed by atoms with Crippen molar-refractivity contribution >= 4 is 63.0 Å². The van der Waals surface area contributed by atoms with Crippen LogP contribution in [0.2, 0.25) is 0 Å². The number of rotatable bonds is 6. The second-order valence-electron chi connectivity index (χ2n) is 14.0. The molecule has 0 saturated carbocycles. The van der Waals surface area contributed by atoms with Crippen molar-refractivity contribution in [2.45, 2.75) is 0 Å². The Hall–Kier alpha value is -6.79. The van der Waals surface area contributed by atoms with Crippen LogP contribution in [0.3, 0.4) is 0 Å². The summed E-state index contributed by atoms with van der Waals surface area (Å²) >= 11 is 3.68. The lowest BCUT2D eigenvalue weighted by molar-refractivity contribution is 1.07. The van der Waals surface area contributed by atoms with E-state index in [1.807, 2.05) is 28.7 Å². The first kappa shape index (κ1) is 32.6. The molecular weight excluding hydrogens is 719 g/mol. The highest BCUT2D eigenvalue weighted by atomic mass is 32.1. The van der Waals surface area contributed by atoms with Gasteiger partial charge in [-0.2, -0.15) is 0 Å². The van der Waals surface area contributed by atoms with Crippen LogP contribution in [0, 0.1) is 0 Å². The summed E-state index contributed by atoms with van der Waals surface area (Å²) in [6, 6.07) is 66.8. The van der Waals surface area contributed by atoms with Crippen molar-refractivity contribution in [2.24, 2.45) is 0 Å². The second-order valence-corrected chi connectivity index (χ2v) is 16.1. The first-order valence-corrected chi connectivity index (χ1v) is 20.3. The molecule has 0 amide bonds. The van der Waals surface area contributed by atoms with Gasteiger partial charge in [0.05, 0.1) is 0 Å². The Labute approximate surface area is 331 Å². The zero-order chi connectivity index (χ0) is 37.0. The average molecular weight is 750 g/mol.